The second-order valence-corrected chi connectivity index (χ2v) is 6.37. The molecule has 0 bridgehead atoms. The Labute approximate surface area is 152 Å². The predicted molar refractivity (Wildman–Crippen MR) is 97.8 cm³/mol. The van der Waals surface area contributed by atoms with Crippen LogP contribution in [0, 0.1) is 5.82 Å². The Kier molecular flexibility index (Phi) is 4.73. The van der Waals surface area contributed by atoms with Crippen LogP contribution in [0.2, 0.25) is 0 Å². The van der Waals surface area contributed by atoms with Crippen molar-refractivity contribution in [3.63, 3.8) is 0 Å². The fraction of sp³-hybridized carbons (Fsp3) is 0.238. The lowest BCUT2D eigenvalue weighted by Gasteiger charge is -2.22. The Morgan fingerprint density at radius 1 is 1.15 bits per heavy atom. The fourth-order valence-corrected chi connectivity index (χ4v) is 3.30. The second-order valence-electron chi connectivity index (χ2n) is 6.37. The molecule has 134 valence electrons. The van der Waals surface area contributed by atoms with Gasteiger partial charge in [-0.1, -0.05) is 18.2 Å². The van der Waals surface area contributed by atoms with Crippen molar-refractivity contribution in [3.05, 3.63) is 83.9 Å². The third-order valence-corrected chi connectivity index (χ3v) is 4.64. The number of methoxy groups -OCH3 is 1. The Bertz CT molecular complexity index is 876. The first-order valence-electron chi connectivity index (χ1n) is 8.65. The first kappa shape index (κ1) is 16.8. The van der Waals surface area contributed by atoms with Crippen molar-refractivity contribution in [1.82, 2.24) is 9.47 Å². The van der Waals surface area contributed by atoms with E-state index in [0.29, 0.717) is 6.61 Å². The van der Waals surface area contributed by atoms with Gasteiger partial charge in [-0.2, -0.15) is 0 Å². The molecule has 4 nitrogen and oxygen atoms in total. The minimum atomic E-state index is -0.240. The van der Waals surface area contributed by atoms with Crippen molar-refractivity contribution < 1.29 is 13.9 Å². The summed E-state index contributed by atoms with van der Waals surface area (Å²) in [5, 5.41) is 0. The van der Waals surface area contributed by atoms with Crippen LogP contribution in [0.25, 0.3) is 5.69 Å². The minimum absolute atomic E-state index is 0.0908. The third kappa shape index (κ3) is 3.49. The Hall–Kier alpha value is -2.63. The van der Waals surface area contributed by atoms with Crippen LogP contribution in [-0.2, 0) is 11.3 Å². The number of benzene rings is 2. The molecule has 1 saturated heterocycles. The fourth-order valence-electron chi connectivity index (χ4n) is 3.30. The molecule has 0 amide bonds. The van der Waals surface area contributed by atoms with Gasteiger partial charge in [-0.25, -0.2) is 4.39 Å². The summed E-state index contributed by atoms with van der Waals surface area (Å²) in [5.41, 5.74) is 3.09. The summed E-state index contributed by atoms with van der Waals surface area (Å²) in [4.78, 5) is 2.30. The largest absolute Gasteiger partial charge is 0.497 e. The first-order valence-corrected chi connectivity index (χ1v) is 8.65. The first-order chi connectivity index (χ1) is 12.7. The molecule has 0 aliphatic carbocycles. The maximum atomic E-state index is 13.5. The third-order valence-electron chi connectivity index (χ3n) is 4.64. The molecule has 5 heteroatoms. The van der Waals surface area contributed by atoms with Crippen LogP contribution in [0.15, 0.2) is 67.0 Å². The molecule has 1 atom stereocenters. The zero-order chi connectivity index (χ0) is 17.9. The average molecular weight is 352 g/mol. The van der Waals surface area contributed by atoms with Gasteiger partial charge in [0.15, 0.2) is 0 Å². The number of aromatic nitrogens is 1. The van der Waals surface area contributed by atoms with Crippen LogP contribution in [0.4, 0.5) is 4.39 Å². The zero-order valence-corrected chi connectivity index (χ0v) is 14.6. The van der Waals surface area contributed by atoms with Crippen LogP contribution < -0.4 is 4.74 Å². The Morgan fingerprint density at radius 3 is 2.77 bits per heavy atom. The van der Waals surface area contributed by atoms with Gasteiger partial charge in [0.1, 0.15) is 17.8 Å². The van der Waals surface area contributed by atoms with E-state index >= 15 is 0 Å². The Balaban J connectivity index is 1.51. The van der Waals surface area contributed by atoms with E-state index in [1.165, 1.54) is 17.7 Å². The molecule has 0 N–H and O–H groups in total. The molecule has 1 aromatic heterocycles. The number of ether oxygens (including phenoxy) is 2. The second kappa shape index (κ2) is 7.32. The molecule has 4 rings (SSSR count). The summed E-state index contributed by atoms with van der Waals surface area (Å²) < 4.78 is 26.6. The van der Waals surface area contributed by atoms with Crippen molar-refractivity contribution in [2.75, 3.05) is 20.3 Å². The van der Waals surface area contributed by atoms with E-state index in [-0.39, 0.29) is 12.0 Å². The Morgan fingerprint density at radius 2 is 2.00 bits per heavy atom. The molecule has 1 aliphatic rings. The van der Waals surface area contributed by atoms with Crippen molar-refractivity contribution in [3.8, 4) is 11.4 Å². The summed E-state index contributed by atoms with van der Waals surface area (Å²) >= 11 is 0. The van der Waals surface area contributed by atoms with E-state index in [1.54, 1.807) is 13.2 Å². The molecule has 0 radical (unpaired) electrons. The van der Waals surface area contributed by atoms with Crippen LogP contribution in [0.1, 0.15) is 17.4 Å². The van der Waals surface area contributed by atoms with Gasteiger partial charge in [0.25, 0.3) is 0 Å². The lowest BCUT2D eigenvalue weighted by Crippen LogP contribution is -2.23. The molecule has 1 aliphatic heterocycles. The lowest BCUT2D eigenvalue weighted by molar-refractivity contribution is 0.0288. The average Bonchev–Trinajstić information content (AvgIpc) is 3.31. The van der Waals surface area contributed by atoms with E-state index in [2.05, 4.69) is 17.0 Å². The van der Waals surface area contributed by atoms with E-state index in [4.69, 9.17) is 9.47 Å². The molecular formula is C21H21FN2O2. The number of nitrogens with zero attached hydrogens (tertiary/aromatic N) is 2. The smallest absolute Gasteiger partial charge is 0.138 e. The number of hydrogen-bond donors (Lipinski definition) is 0. The highest BCUT2D eigenvalue weighted by molar-refractivity contribution is 5.35. The zero-order valence-electron chi connectivity index (χ0n) is 14.6. The summed E-state index contributed by atoms with van der Waals surface area (Å²) in [6.45, 7) is 2.38. The normalized spacial score (nSPS) is 17.5. The molecule has 1 fully saturated rings. The SMILES string of the molecule is COc1ccc(CN2CCO[C@H]2c2ccn(-c3cccc(F)c3)c2)cc1. The van der Waals surface area contributed by atoms with Crippen molar-refractivity contribution >= 4 is 0 Å². The molecule has 26 heavy (non-hydrogen) atoms. The maximum absolute atomic E-state index is 13.5. The van der Waals surface area contributed by atoms with E-state index in [9.17, 15) is 4.39 Å². The topological polar surface area (TPSA) is 26.6 Å². The van der Waals surface area contributed by atoms with E-state index < -0.39 is 0 Å². The lowest BCUT2D eigenvalue weighted by atomic mass is 10.2. The van der Waals surface area contributed by atoms with Crippen LogP contribution in [0.3, 0.4) is 0 Å². The van der Waals surface area contributed by atoms with Gasteiger partial charge in [-0.05, 0) is 42.0 Å². The van der Waals surface area contributed by atoms with Gasteiger partial charge >= 0.3 is 0 Å². The standard InChI is InChI=1S/C21H21FN2O2/c1-25-20-7-5-16(6-8-20)14-24-11-12-26-21(24)17-9-10-23(15-17)19-4-2-3-18(22)13-19/h2-10,13,15,21H,11-12,14H2,1H3/t21-/m0/s1. The van der Waals surface area contributed by atoms with Crippen molar-refractivity contribution in [1.29, 1.82) is 0 Å². The number of rotatable bonds is 5. The van der Waals surface area contributed by atoms with Gasteiger partial charge in [0, 0.05) is 36.7 Å². The van der Waals surface area contributed by atoms with Crippen LogP contribution >= 0.6 is 0 Å². The summed E-state index contributed by atoms with van der Waals surface area (Å²) in [6.07, 6.45) is 3.86. The highest BCUT2D eigenvalue weighted by Gasteiger charge is 2.27. The molecular weight excluding hydrogens is 331 g/mol. The number of halogens is 1. The highest BCUT2D eigenvalue weighted by Crippen LogP contribution is 2.29. The van der Waals surface area contributed by atoms with Gasteiger partial charge in [-0.3, -0.25) is 4.90 Å². The monoisotopic (exact) mass is 352 g/mol. The summed E-state index contributed by atoms with van der Waals surface area (Å²) in [7, 11) is 1.67. The quantitative estimate of drug-likeness (QED) is 0.690. The molecule has 2 aromatic carbocycles. The minimum Gasteiger partial charge on any atom is -0.497 e. The number of hydrogen-bond acceptors (Lipinski definition) is 3. The molecule has 2 heterocycles. The predicted octanol–water partition coefficient (Wildman–Crippen LogP) is 4.16. The molecule has 3 aromatic rings. The van der Waals surface area contributed by atoms with Crippen molar-refractivity contribution in [2.45, 2.75) is 12.8 Å². The van der Waals surface area contributed by atoms with E-state index in [1.807, 2.05) is 41.2 Å². The van der Waals surface area contributed by atoms with Gasteiger partial charge in [0.05, 0.1) is 13.7 Å². The van der Waals surface area contributed by atoms with Gasteiger partial charge in [0.2, 0.25) is 0 Å². The highest BCUT2D eigenvalue weighted by atomic mass is 19.1. The van der Waals surface area contributed by atoms with Crippen molar-refractivity contribution in [2.24, 2.45) is 0 Å². The molecule has 0 saturated carbocycles. The molecule has 0 spiro atoms. The van der Waals surface area contributed by atoms with E-state index in [0.717, 1.165) is 30.1 Å². The summed E-state index contributed by atoms with van der Waals surface area (Å²) in [6, 6.07) is 16.7. The maximum Gasteiger partial charge on any atom is 0.138 e. The molecule has 0 unspecified atom stereocenters. The van der Waals surface area contributed by atoms with Gasteiger partial charge in [-0.15, -0.1) is 0 Å². The van der Waals surface area contributed by atoms with Gasteiger partial charge < -0.3 is 14.0 Å². The summed E-state index contributed by atoms with van der Waals surface area (Å²) in [5.74, 6) is 0.617. The van der Waals surface area contributed by atoms with Crippen LogP contribution in [0.5, 0.6) is 5.75 Å². The van der Waals surface area contributed by atoms with Crippen LogP contribution in [-0.4, -0.2) is 29.7 Å².